The van der Waals surface area contributed by atoms with Gasteiger partial charge in [-0.1, -0.05) is 11.6 Å². The number of carbonyl (C=O) groups excluding carboxylic acids is 1. The fraction of sp³-hybridized carbons (Fsp3) is 0.500. The van der Waals surface area contributed by atoms with Crippen molar-refractivity contribution in [1.82, 2.24) is 4.90 Å². The summed E-state index contributed by atoms with van der Waals surface area (Å²) >= 11 is 0. The van der Waals surface area contributed by atoms with Crippen LogP contribution in [0.4, 0.5) is 5.69 Å². The molecule has 0 saturated heterocycles. The summed E-state index contributed by atoms with van der Waals surface area (Å²) in [6.45, 7) is 8.81. The molecular weight excluding hydrogens is 212 g/mol. The van der Waals surface area contributed by atoms with Crippen LogP contribution in [0.5, 0.6) is 0 Å². The Balaban J connectivity index is 3.13. The van der Waals surface area contributed by atoms with Gasteiger partial charge in [-0.2, -0.15) is 0 Å². The molecule has 1 amide bonds. The molecule has 0 spiro atoms. The fourth-order valence-electron chi connectivity index (χ4n) is 1.95. The van der Waals surface area contributed by atoms with Crippen LogP contribution in [-0.2, 0) is 0 Å². The molecule has 0 saturated carbocycles. The Morgan fingerprint density at radius 3 is 2.53 bits per heavy atom. The summed E-state index contributed by atoms with van der Waals surface area (Å²) in [4.78, 5) is 14.3. The smallest absolute Gasteiger partial charge is 0.256 e. The van der Waals surface area contributed by atoms with Gasteiger partial charge in [0.15, 0.2) is 0 Å². The molecule has 1 aromatic carbocycles. The first kappa shape index (κ1) is 13.6. The molecule has 0 unspecified atom stereocenters. The number of hydrogen-bond donors (Lipinski definition) is 1. The Labute approximate surface area is 104 Å². The van der Waals surface area contributed by atoms with Crippen LogP contribution >= 0.6 is 0 Å². The van der Waals surface area contributed by atoms with Crippen molar-refractivity contribution in [3.63, 3.8) is 0 Å². The van der Waals surface area contributed by atoms with Gasteiger partial charge in [0.2, 0.25) is 0 Å². The lowest BCUT2D eigenvalue weighted by molar-refractivity contribution is 0.0718. The van der Waals surface area contributed by atoms with E-state index in [1.54, 1.807) is 0 Å². The van der Waals surface area contributed by atoms with E-state index in [0.29, 0.717) is 0 Å². The number of amides is 1. The monoisotopic (exact) mass is 234 g/mol. The van der Waals surface area contributed by atoms with Gasteiger partial charge >= 0.3 is 0 Å². The first-order chi connectivity index (χ1) is 8.01. The Morgan fingerprint density at radius 2 is 2.06 bits per heavy atom. The Kier molecular flexibility index (Phi) is 4.55. The highest BCUT2D eigenvalue weighted by Crippen LogP contribution is 2.19. The Morgan fingerprint density at radius 1 is 1.41 bits per heavy atom. The van der Waals surface area contributed by atoms with E-state index >= 15 is 0 Å². The lowest BCUT2D eigenvalue weighted by Crippen LogP contribution is -2.37. The molecule has 0 atom stereocenters. The molecule has 0 heterocycles. The molecule has 0 fully saturated rings. The van der Waals surface area contributed by atoms with Gasteiger partial charge < -0.3 is 10.2 Å². The first-order valence-corrected chi connectivity index (χ1v) is 6.10. The summed E-state index contributed by atoms with van der Waals surface area (Å²) in [7, 11) is 1.84. The van der Waals surface area contributed by atoms with Crippen molar-refractivity contribution in [1.29, 1.82) is 0 Å². The number of nitrogens with one attached hydrogen (secondary N) is 1. The highest BCUT2D eigenvalue weighted by atomic mass is 16.2. The van der Waals surface area contributed by atoms with Crippen molar-refractivity contribution in [3.8, 4) is 0 Å². The summed E-state index contributed by atoms with van der Waals surface area (Å²) in [5.74, 6) is 0.0931. The zero-order valence-corrected chi connectivity index (χ0v) is 11.4. The van der Waals surface area contributed by atoms with Crippen molar-refractivity contribution >= 4 is 11.6 Å². The minimum absolute atomic E-state index is 0.0931. The molecule has 0 aromatic heterocycles. The number of carbonyl (C=O) groups is 1. The van der Waals surface area contributed by atoms with Crippen LogP contribution in [0.15, 0.2) is 18.2 Å². The third-order valence-corrected chi connectivity index (χ3v) is 2.90. The van der Waals surface area contributed by atoms with E-state index in [1.165, 1.54) is 0 Å². The first-order valence-electron chi connectivity index (χ1n) is 6.10. The van der Waals surface area contributed by atoms with Gasteiger partial charge in [0.05, 0.1) is 5.56 Å². The average Bonchev–Trinajstić information content (AvgIpc) is 2.29. The molecule has 94 valence electrons. The second-order valence-corrected chi connectivity index (χ2v) is 4.48. The van der Waals surface area contributed by atoms with Crippen molar-refractivity contribution in [2.24, 2.45) is 0 Å². The van der Waals surface area contributed by atoms with Crippen molar-refractivity contribution in [2.75, 3.05) is 18.9 Å². The molecule has 3 nitrogen and oxygen atoms in total. The third kappa shape index (κ3) is 2.99. The number of hydrogen-bond acceptors (Lipinski definition) is 2. The zero-order valence-electron chi connectivity index (χ0n) is 11.4. The van der Waals surface area contributed by atoms with E-state index < -0.39 is 0 Å². The van der Waals surface area contributed by atoms with Gasteiger partial charge in [0, 0.05) is 25.3 Å². The Bertz CT molecular complexity index is 399. The molecule has 1 N–H and O–H groups in total. The van der Waals surface area contributed by atoms with Crippen LogP contribution in [0.25, 0.3) is 0 Å². The lowest BCUT2D eigenvalue weighted by Gasteiger charge is -2.26. The number of benzene rings is 1. The second-order valence-electron chi connectivity index (χ2n) is 4.48. The highest BCUT2D eigenvalue weighted by molar-refractivity contribution is 6.00. The van der Waals surface area contributed by atoms with Crippen LogP contribution in [0.2, 0.25) is 0 Å². The maximum Gasteiger partial charge on any atom is 0.256 e. The molecule has 17 heavy (non-hydrogen) atoms. The summed E-state index contributed by atoms with van der Waals surface area (Å²) in [6, 6.07) is 6.13. The molecule has 0 aliphatic heterocycles. The summed E-state index contributed by atoms with van der Waals surface area (Å²) < 4.78 is 0. The largest absolute Gasteiger partial charge is 0.387 e. The third-order valence-electron chi connectivity index (χ3n) is 2.90. The van der Waals surface area contributed by atoms with E-state index in [0.717, 1.165) is 23.4 Å². The Hall–Kier alpha value is -1.51. The minimum Gasteiger partial charge on any atom is -0.387 e. The van der Waals surface area contributed by atoms with Crippen LogP contribution in [0, 0.1) is 6.92 Å². The van der Waals surface area contributed by atoms with E-state index in [1.807, 2.05) is 57.8 Å². The summed E-state index contributed by atoms with van der Waals surface area (Å²) in [5.41, 5.74) is 2.75. The second kappa shape index (κ2) is 5.71. The molecule has 1 aromatic rings. The molecule has 1 rings (SSSR count). The molecule has 0 aliphatic rings. The van der Waals surface area contributed by atoms with E-state index in [4.69, 9.17) is 0 Å². The summed E-state index contributed by atoms with van der Waals surface area (Å²) in [6.07, 6.45) is 0. The van der Waals surface area contributed by atoms with Crippen molar-refractivity contribution < 1.29 is 4.79 Å². The predicted octanol–water partition coefficient (Wildman–Crippen LogP) is 2.91. The van der Waals surface area contributed by atoms with Crippen LogP contribution < -0.4 is 5.32 Å². The number of anilines is 1. The van der Waals surface area contributed by atoms with Crippen molar-refractivity contribution in [2.45, 2.75) is 33.7 Å². The minimum atomic E-state index is 0.0931. The molecule has 3 heteroatoms. The maximum atomic E-state index is 12.4. The van der Waals surface area contributed by atoms with E-state index in [2.05, 4.69) is 5.32 Å². The van der Waals surface area contributed by atoms with Gasteiger partial charge in [0.25, 0.3) is 5.91 Å². The number of rotatable bonds is 4. The van der Waals surface area contributed by atoms with Gasteiger partial charge in [-0.3, -0.25) is 4.79 Å². The standard InChI is InChI=1S/C14H22N2O/c1-6-16(10(2)3)14(17)12-9-11(4)7-8-13(12)15-5/h7-10,15H,6H2,1-5H3. The van der Waals surface area contributed by atoms with Crippen molar-refractivity contribution in [3.05, 3.63) is 29.3 Å². The quantitative estimate of drug-likeness (QED) is 0.868. The predicted molar refractivity (Wildman–Crippen MR) is 72.6 cm³/mol. The SMILES string of the molecule is CCN(C(=O)c1cc(C)ccc1NC)C(C)C. The van der Waals surface area contributed by atoms with Crippen LogP contribution in [0.3, 0.4) is 0 Å². The molecule has 0 radical (unpaired) electrons. The molecular formula is C14H22N2O. The van der Waals surface area contributed by atoms with E-state index in [-0.39, 0.29) is 11.9 Å². The van der Waals surface area contributed by atoms with Crippen LogP contribution in [-0.4, -0.2) is 30.4 Å². The van der Waals surface area contributed by atoms with Gasteiger partial charge in [-0.05, 0) is 39.8 Å². The normalized spacial score (nSPS) is 10.5. The number of nitrogens with zero attached hydrogens (tertiary/aromatic N) is 1. The van der Waals surface area contributed by atoms with E-state index in [9.17, 15) is 4.79 Å². The fourth-order valence-corrected chi connectivity index (χ4v) is 1.95. The van der Waals surface area contributed by atoms with Crippen LogP contribution in [0.1, 0.15) is 36.7 Å². The van der Waals surface area contributed by atoms with Gasteiger partial charge in [-0.15, -0.1) is 0 Å². The van der Waals surface area contributed by atoms with Gasteiger partial charge in [0.1, 0.15) is 0 Å². The topological polar surface area (TPSA) is 32.3 Å². The maximum absolute atomic E-state index is 12.4. The van der Waals surface area contributed by atoms with Gasteiger partial charge in [-0.25, -0.2) is 0 Å². The molecule has 0 bridgehead atoms. The molecule has 0 aliphatic carbocycles. The average molecular weight is 234 g/mol. The lowest BCUT2D eigenvalue weighted by atomic mass is 10.1. The highest BCUT2D eigenvalue weighted by Gasteiger charge is 2.19. The summed E-state index contributed by atoms with van der Waals surface area (Å²) in [5, 5.41) is 3.07. The number of aryl methyl sites for hydroxylation is 1. The zero-order chi connectivity index (χ0) is 13.0.